The fraction of sp³-hybridized carbons (Fsp3) is 0.939. The molecule has 0 heterocycles. The molecule has 3 N–H and O–H groups in total. The van der Waals surface area contributed by atoms with E-state index in [4.69, 9.17) is 37.0 Å². The van der Waals surface area contributed by atoms with Gasteiger partial charge in [0.25, 0.3) is 0 Å². The van der Waals surface area contributed by atoms with E-state index in [1.54, 1.807) is 0 Å². The average molecular weight is 1260 g/mol. The van der Waals surface area contributed by atoms with Crippen LogP contribution >= 0.6 is 15.6 Å². The summed E-state index contributed by atoms with van der Waals surface area (Å²) < 4.78 is 68.1. The van der Waals surface area contributed by atoms with Gasteiger partial charge in [0.1, 0.15) is 19.3 Å². The van der Waals surface area contributed by atoms with Crippen LogP contribution in [0.15, 0.2) is 0 Å². The lowest BCUT2D eigenvalue weighted by Crippen LogP contribution is -2.30. The lowest BCUT2D eigenvalue weighted by molar-refractivity contribution is -0.161. The SMILES string of the molecule is CCCCCCCCCCCCC(=O)O[C@H](COC(=O)CCCCCCCCC(C)C)COP(=O)(O)OC[C@H](O)COP(=O)(O)OC[C@@H](COC(=O)CCCCCCCCCCCCC(C)C)OC(=O)CCCCCCCCCCCCC(C)C. The van der Waals surface area contributed by atoms with Crippen molar-refractivity contribution in [2.45, 2.75) is 343 Å². The quantitative estimate of drug-likeness (QED) is 0.0222. The predicted octanol–water partition coefficient (Wildman–Crippen LogP) is 18.3. The Morgan fingerprint density at radius 3 is 0.800 bits per heavy atom. The predicted molar refractivity (Wildman–Crippen MR) is 340 cm³/mol. The fourth-order valence-corrected chi connectivity index (χ4v) is 11.4. The van der Waals surface area contributed by atoms with Gasteiger partial charge in [-0.1, -0.05) is 273 Å². The van der Waals surface area contributed by atoms with Gasteiger partial charge in [-0.25, -0.2) is 9.13 Å². The number of phosphoric acid groups is 2. The van der Waals surface area contributed by atoms with Crippen molar-refractivity contribution in [3.63, 3.8) is 0 Å². The van der Waals surface area contributed by atoms with Crippen LogP contribution in [0.2, 0.25) is 0 Å². The van der Waals surface area contributed by atoms with Gasteiger partial charge < -0.3 is 33.8 Å². The zero-order valence-corrected chi connectivity index (χ0v) is 56.9. The van der Waals surface area contributed by atoms with Gasteiger partial charge in [0.15, 0.2) is 12.2 Å². The van der Waals surface area contributed by atoms with Crippen molar-refractivity contribution in [2.24, 2.45) is 17.8 Å². The molecule has 0 rings (SSSR count). The van der Waals surface area contributed by atoms with Crippen molar-refractivity contribution in [3.8, 4) is 0 Å². The third-order valence-corrected chi connectivity index (χ3v) is 17.0. The topological polar surface area (TPSA) is 237 Å². The average Bonchev–Trinajstić information content (AvgIpc) is 3.61. The number of ether oxygens (including phenoxy) is 4. The van der Waals surface area contributed by atoms with Crippen molar-refractivity contribution in [1.82, 2.24) is 0 Å². The van der Waals surface area contributed by atoms with Crippen LogP contribution in [0.25, 0.3) is 0 Å². The van der Waals surface area contributed by atoms with E-state index in [-0.39, 0.29) is 25.7 Å². The third-order valence-electron chi connectivity index (χ3n) is 15.1. The van der Waals surface area contributed by atoms with E-state index in [0.29, 0.717) is 31.6 Å². The highest BCUT2D eigenvalue weighted by molar-refractivity contribution is 7.47. The van der Waals surface area contributed by atoms with Crippen LogP contribution in [0.3, 0.4) is 0 Å². The number of hydrogen-bond acceptors (Lipinski definition) is 15. The van der Waals surface area contributed by atoms with Crippen LogP contribution in [0, 0.1) is 17.8 Å². The van der Waals surface area contributed by atoms with Gasteiger partial charge in [0.2, 0.25) is 0 Å². The second kappa shape index (κ2) is 57.2. The van der Waals surface area contributed by atoms with E-state index in [0.717, 1.165) is 108 Å². The van der Waals surface area contributed by atoms with Crippen LogP contribution in [-0.2, 0) is 65.4 Å². The molecule has 0 radical (unpaired) electrons. The first-order valence-electron chi connectivity index (χ1n) is 34.3. The van der Waals surface area contributed by atoms with Crippen molar-refractivity contribution in [2.75, 3.05) is 39.6 Å². The third kappa shape index (κ3) is 60.7. The molecule has 0 aromatic carbocycles. The molecule has 0 aromatic heterocycles. The van der Waals surface area contributed by atoms with E-state index >= 15 is 0 Å². The highest BCUT2D eigenvalue weighted by Gasteiger charge is 2.30. The van der Waals surface area contributed by atoms with E-state index < -0.39 is 97.5 Å². The minimum absolute atomic E-state index is 0.105. The number of aliphatic hydroxyl groups excluding tert-OH is 1. The van der Waals surface area contributed by atoms with Gasteiger partial charge >= 0.3 is 39.5 Å². The molecule has 0 amide bonds. The molecule has 504 valence electrons. The first-order valence-corrected chi connectivity index (χ1v) is 37.3. The van der Waals surface area contributed by atoms with Gasteiger partial charge in [0, 0.05) is 25.7 Å². The molecular formula is C66H128O17P2. The Morgan fingerprint density at radius 2 is 0.541 bits per heavy atom. The normalized spacial score (nSPS) is 14.3. The molecule has 0 aliphatic heterocycles. The van der Waals surface area contributed by atoms with E-state index in [1.165, 1.54) is 128 Å². The van der Waals surface area contributed by atoms with Crippen molar-refractivity contribution < 1.29 is 80.2 Å². The van der Waals surface area contributed by atoms with Crippen molar-refractivity contribution in [3.05, 3.63) is 0 Å². The molecule has 0 aliphatic carbocycles. The highest BCUT2D eigenvalue weighted by Crippen LogP contribution is 2.45. The maximum atomic E-state index is 13.0. The molecule has 2 unspecified atom stereocenters. The van der Waals surface area contributed by atoms with Crippen molar-refractivity contribution >= 4 is 39.5 Å². The Balaban J connectivity index is 5.24. The number of carbonyl (C=O) groups excluding carboxylic acids is 4. The summed E-state index contributed by atoms with van der Waals surface area (Å²) >= 11 is 0. The maximum Gasteiger partial charge on any atom is 0.472 e. The summed E-state index contributed by atoms with van der Waals surface area (Å²) in [5.41, 5.74) is 0. The first kappa shape index (κ1) is 83.1. The Kier molecular flexibility index (Phi) is 55.9. The first-order chi connectivity index (χ1) is 40.7. The molecule has 0 aliphatic rings. The summed E-state index contributed by atoms with van der Waals surface area (Å²) in [6.45, 7) is 11.7. The Morgan fingerprint density at radius 1 is 0.318 bits per heavy atom. The number of esters is 4. The van der Waals surface area contributed by atoms with Gasteiger partial charge in [0.05, 0.1) is 26.4 Å². The standard InChI is InChI=1S/C66H128O17P2/c1-8-9-10-11-12-13-20-26-35-42-49-65(70)83-62(54-77-64(69)48-41-34-29-28-32-39-46-59(6)7)56-81-85(74,75)79-52-60(67)51-78-84(72,73)80-55-61(82-66(71)50-43-36-27-22-17-15-19-24-31-38-45-58(4)5)53-76-63(68)47-40-33-25-21-16-14-18-23-30-37-44-57(2)3/h57-62,67H,8-56H2,1-7H3,(H,72,73)(H,74,75)/t60-,61-,62-/m1/s1. The number of phosphoric ester groups is 2. The monoisotopic (exact) mass is 1250 g/mol. The van der Waals surface area contributed by atoms with Gasteiger partial charge in [-0.15, -0.1) is 0 Å². The molecule has 0 fully saturated rings. The second-order valence-corrected chi connectivity index (χ2v) is 28.2. The van der Waals surface area contributed by atoms with Gasteiger partial charge in [-0.2, -0.15) is 0 Å². The van der Waals surface area contributed by atoms with Crippen molar-refractivity contribution in [1.29, 1.82) is 0 Å². The fourth-order valence-electron chi connectivity index (χ4n) is 9.83. The molecule has 0 saturated heterocycles. The minimum Gasteiger partial charge on any atom is -0.462 e. The largest absolute Gasteiger partial charge is 0.472 e. The zero-order chi connectivity index (χ0) is 63.1. The number of hydrogen-bond donors (Lipinski definition) is 3. The summed E-state index contributed by atoms with van der Waals surface area (Å²) in [6, 6.07) is 0. The number of unbranched alkanes of at least 4 members (excludes halogenated alkanes) is 32. The summed E-state index contributed by atoms with van der Waals surface area (Å²) in [4.78, 5) is 72.3. The van der Waals surface area contributed by atoms with Crippen LogP contribution < -0.4 is 0 Å². The summed E-state index contributed by atoms with van der Waals surface area (Å²) in [5, 5.41) is 10.5. The van der Waals surface area contributed by atoms with Gasteiger partial charge in [-0.05, 0) is 43.4 Å². The Bertz CT molecular complexity index is 1680. The molecule has 0 spiro atoms. The maximum absolute atomic E-state index is 13.0. The van der Waals surface area contributed by atoms with Crippen LogP contribution in [0.1, 0.15) is 325 Å². The smallest absolute Gasteiger partial charge is 0.462 e. The molecule has 0 aromatic rings. The summed E-state index contributed by atoms with van der Waals surface area (Å²) in [5.74, 6) is 0.0564. The van der Waals surface area contributed by atoms with E-state index in [9.17, 15) is 43.2 Å². The number of aliphatic hydroxyl groups is 1. The molecular weight excluding hydrogens is 1130 g/mol. The molecule has 19 heteroatoms. The summed E-state index contributed by atoms with van der Waals surface area (Å²) in [6.07, 6.45) is 39.0. The molecule has 0 bridgehead atoms. The van der Waals surface area contributed by atoms with Gasteiger partial charge in [-0.3, -0.25) is 37.3 Å². The van der Waals surface area contributed by atoms with Crippen LogP contribution in [0.4, 0.5) is 0 Å². The summed E-state index contributed by atoms with van der Waals surface area (Å²) in [7, 11) is -9.89. The molecule has 0 saturated carbocycles. The number of rotatable bonds is 64. The molecule has 85 heavy (non-hydrogen) atoms. The minimum atomic E-state index is -4.95. The zero-order valence-electron chi connectivity index (χ0n) is 55.1. The number of carbonyl (C=O) groups is 4. The lowest BCUT2D eigenvalue weighted by atomic mass is 10.0. The highest BCUT2D eigenvalue weighted by atomic mass is 31.2. The Labute approximate surface area is 517 Å². The second-order valence-electron chi connectivity index (χ2n) is 25.3. The van der Waals surface area contributed by atoms with Crippen LogP contribution in [0.5, 0.6) is 0 Å². The van der Waals surface area contributed by atoms with Crippen LogP contribution in [-0.4, -0.2) is 96.7 Å². The van der Waals surface area contributed by atoms with E-state index in [1.807, 2.05) is 0 Å². The lowest BCUT2D eigenvalue weighted by Gasteiger charge is -2.21. The molecule has 17 nitrogen and oxygen atoms in total. The molecule has 5 atom stereocenters. The van der Waals surface area contributed by atoms with E-state index in [2.05, 4.69) is 48.5 Å². The Hall–Kier alpha value is -1.94.